The third-order valence-corrected chi connectivity index (χ3v) is 2.49. The van der Waals surface area contributed by atoms with Gasteiger partial charge in [-0.25, -0.2) is 5.26 Å². The van der Waals surface area contributed by atoms with Crippen LogP contribution in [0.1, 0.15) is 29.8 Å². The van der Waals surface area contributed by atoms with Gasteiger partial charge in [-0.05, 0) is 17.7 Å². The molecule has 0 aliphatic heterocycles. The lowest BCUT2D eigenvalue weighted by Crippen LogP contribution is -2.13. The minimum absolute atomic E-state index is 0.161. The lowest BCUT2D eigenvalue weighted by atomic mass is 9.84. The standard InChI is InChI=1S/C12H14O3/c1-4-12(2,3)10-5-6-11(15-14)9(7-10)8-13/h4-8,14H,1H2,2-3H3. The van der Waals surface area contributed by atoms with Crippen LogP contribution in [-0.4, -0.2) is 11.5 Å². The molecule has 1 aromatic carbocycles. The maximum Gasteiger partial charge on any atom is 0.175 e. The molecule has 0 bridgehead atoms. The predicted molar refractivity (Wildman–Crippen MR) is 58.3 cm³/mol. The molecule has 0 aliphatic rings. The summed E-state index contributed by atoms with van der Waals surface area (Å²) in [6.45, 7) is 7.72. The monoisotopic (exact) mass is 206 g/mol. The van der Waals surface area contributed by atoms with Crippen molar-refractivity contribution >= 4 is 6.29 Å². The van der Waals surface area contributed by atoms with Gasteiger partial charge in [-0.3, -0.25) is 4.79 Å². The smallest absolute Gasteiger partial charge is 0.175 e. The van der Waals surface area contributed by atoms with Crippen LogP contribution in [0.5, 0.6) is 5.75 Å². The van der Waals surface area contributed by atoms with E-state index in [1.807, 2.05) is 13.8 Å². The molecule has 3 nitrogen and oxygen atoms in total. The summed E-state index contributed by atoms with van der Waals surface area (Å²) in [5, 5.41) is 8.52. The summed E-state index contributed by atoms with van der Waals surface area (Å²) in [6.07, 6.45) is 2.45. The Morgan fingerprint density at radius 1 is 1.47 bits per heavy atom. The molecule has 0 heterocycles. The number of carbonyl (C=O) groups excluding carboxylic acids is 1. The zero-order valence-electron chi connectivity index (χ0n) is 8.86. The summed E-state index contributed by atoms with van der Waals surface area (Å²) in [6, 6.07) is 5.03. The summed E-state index contributed by atoms with van der Waals surface area (Å²) in [5.41, 5.74) is 1.05. The maximum absolute atomic E-state index is 10.7. The fourth-order valence-corrected chi connectivity index (χ4v) is 1.24. The van der Waals surface area contributed by atoms with Gasteiger partial charge >= 0.3 is 0 Å². The molecule has 0 atom stereocenters. The first-order valence-electron chi connectivity index (χ1n) is 4.60. The molecule has 15 heavy (non-hydrogen) atoms. The number of aldehydes is 1. The lowest BCUT2D eigenvalue weighted by molar-refractivity contribution is -0.137. The number of benzene rings is 1. The van der Waals surface area contributed by atoms with E-state index < -0.39 is 0 Å². The van der Waals surface area contributed by atoms with Gasteiger partial charge in [0.2, 0.25) is 0 Å². The van der Waals surface area contributed by atoms with Crippen LogP contribution in [0.2, 0.25) is 0 Å². The van der Waals surface area contributed by atoms with Gasteiger partial charge in [0.25, 0.3) is 0 Å². The van der Waals surface area contributed by atoms with Gasteiger partial charge in [0, 0.05) is 5.41 Å². The Kier molecular flexibility index (Phi) is 3.27. The third kappa shape index (κ3) is 2.25. The van der Waals surface area contributed by atoms with Crippen molar-refractivity contribution in [3.63, 3.8) is 0 Å². The van der Waals surface area contributed by atoms with E-state index in [0.29, 0.717) is 11.8 Å². The number of carbonyl (C=O) groups is 1. The molecular weight excluding hydrogens is 192 g/mol. The van der Waals surface area contributed by atoms with Gasteiger partial charge in [-0.15, -0.1) is 6.58 Å². The Morgan fingerprint density at radius 2 is 2.13 bits per heavy atom. The average molecular weight is 206 g/mol. The van der Waals surface area contributed by atoms with Crippen LogP contribution in [-0.2, 0) is 5.41 Å². The summed E-state index contributed by atoms with van der Waals surface area (Å²) >= 11 is 0. The molecule has 0 spiro atoms. The minimum Gasteiger partial charge on any atom is -0.339 e. The highest BCUT2D eigenvalue weighted by molar-refractivity contribution is 5.79. The average Bonchev–Trinajstić information content (AvgIpc) is 2.28. The third-order valence-electron chi connectivity index (χ3n) is 2.49. The number of hydrogen-bond acceptors (Lipinski definition) is 3. The van der Waals surface area contributed by atoms with E-state index in [-0.39, 0.29) is 11.2 Å². The summed E-state index contributed by atoms with van der Waals surface area (Å²) in [5.74, 6) is 0.161. The quantitative estimate of drug-likeness (QED) is 0.356. The summed E-state index contributed by atoms with van der Waals surface area (Å²) in [7, 11) is 0. The van der Waals surface area contributed by atoms with Gasteiger partial charge in [0.15, 0.2) is 12.0 Å². The molecule has 1 N–H and O–H groups in total. The molecule has 1 rings (SSSR count). The van der Waals surface area contributed by atoms with Crippen LogP contribution in [0, 0.1) is 0 Å². The van der Waals surface area contributed by atoms with Crippen molar-refractivity contribution in [2.75, 3.05) is 0 Å². The van der Waals surface area contributed by atoms with Gasteiger partial charge in [0.1, 0.15) is 0 Å². The van der Waals surface area contributed by atoms with E-state index in [1.165, 1.54) is 0 Å². The normalized spacial score (nSPS) is 10.9. The second-order valence-electron chi connectivity index (χ2n) is 3.89. The molecule has 0 unspecified atom stereocenters. The first-order chi connectivity index (χ1) is 7.05. The van der Waals surface area contributed by atoms with Crippen molar-refractivity contribution in [3.05, 3.63) is 42.0 Å². The van der Waals surface area contributed by atoms with Gasteiger partial charge in [-0.2, -0.15) is 0 Å². The van der Waals surface area contributed by atoms with Gasteiger partial charge in [0.05, 0.1) is 5.56 Å². The second-order valence-corrected chi connectivity index (χ2v) is 3.89. The summed E-state index contributed by atoms with van der Waals surface area (Å²) in [4.78, 5) is 14.8. The fourth-order valence-electron chi connectivity index (χ4n) is 1.24. The zero-order chi connectivity index (χ0) is 11.5. The number of allylic oxidation sites excluding steroid dienone is 1. The number of hydrogen-bond donors (Lipinski definition) is 1. The SMILES string of the molecule is C=CC(C)(C)c1ccc(OO)c(C=O)c1. The zero-order valence-corrected chi connectivity index (χ0v) is 8.86. The highest BCUT2D eigenvalue weighted by Gasteiger charge is 2.17. The fraction of sp³-hybridized carbons (Fsp3) is 0.250. The van der Waals surface area contributed by atoms with Crippen molar-refractivity contribution in [1.82, 2.24) is 0 Å². The molecule has 0 saturated heterocycles. The molecule has 1 aromatic rings. The van der Waals surface area contributed by atoms with E-state index in [0.717, 1.165) is 5.56 Å². The largest absolute Gasteiger partial charge is 0.339 e. The van der Waals surface area contributed by atoms with Crippen LogP contribution in [0.3, 0.4) is 0 Å². The Labute approximate surface area is 88.9 Å². The van der Waals surface area contributed by atoms with E-state index in [1.54, 1.807) is 24.3 Å². The summed E-state index contributed by atoms with van der Waals surface area (Å²) < 4.78 is 0. The van der Waals surface area contributed by atoms with E-state index >= 15 is 0 Å². The lowest BCUT2D eigenvalue weighted by Gasteiger charge is -2.20. The molecular formula is C12H14O3. The van der Waals surface area contributed by atoms with Crippen molar-refractivity contribution in [2.24, 2.45) is 0 Å². The molecule has 0 aliphatic carbocycles. The maximum atomic E-state index is 10.7. The first kappa shape index (κ1) is 11.5. The van der Waals surface area contributed by atoms with E-state index in [9.17, 15) is 4.79 Å². The minimum atomic E-state index is -0.217. The highest BCUT2D eigenvalue weighted by atomic mass is 17.1. The van der Waals surface area contributed by atoms with Crippen LogP contribution >= 0.6 is 0 Å². The Morgan fingerprint density at radius 3 is 2.60 bits per heavy atom. The molecule has 3 heteroatoms. The van der Waals surface area contributed by atoms with Crippen LogP contribution in [0.25, 0.3) is 0 Å². The van der Waals surface area contributed by atoms with E-state index in [4.69, 9.17) is 5.26 Å². The number of rotatable bonds is 4. The molecule has 0 fully saturated rings. The van der Waals surface area contributed by atoms with Crippen molar-refractivity contribution in [1.29, 1.82) is 0 Å². The van der Waals surface area contributed by atoms with Crippen molar-refractivity contribution in [2.45, 2.75) is 19.3 Å². The van der Waals surface area contributed by atoms with Gasteiger partial charge in [-0.1, -0.05) is 26.0 Å². The van der Waals surface area contributed by atoms with E-state index in [2.05, 4.69) is 11.5 Å². The molecule has 80 valence electrons. The van der Waals surface area contributed by atoms with Crippen LogP contribution in [0.15, 0.2) is 30.9 Å². The molecule has 0 radical (unpaired) electrons. The van der Waals surface area contributed by atoms with Crippen LogP contribution < -0.4 is 4.89 Å². The molecule has 0 amide bonds. The molecule has 0 aromatic heterocycles. The van der Waals surface area contributed by atoms with Gasteiger partial charge < -0.3 is 4.89 Å². The Bertz CT molecular complexity index is 380. The second kappa shape index (κ2) is 4.28. The predicted octanol–water partition coefficient (Wildman–Crippen LogP) is 2.81. The first-order valence-corrected chi connectivity index (χ1v) is 4.60. The molecule has 0 saturated carbocycles. The topological polar surface area (TPSA) is 46.5 Å². The van der Waals surface area contributed by atoms with Crippen LogP contribution in [0.4, 0.5) is 0 Å². The Balaban J connectivity index is 3.25. The Hall–Kier alpha value is -1.61. The van der Waals surface area contributed by atoms with Crippen molar-refractivity contribution < 1.29 is 14.9 Å². The van der Waals surface area contributed by atoms with Crippen molar-refractivity contribution in [3.8, 4) is 5.75 Å². The highest BCUT2D eigenvalue weighted by Crippen LogP contribution is 2.28.